The van der Waals surface area contributed by atoms with Gasteiger partial charge in [-0.05, 0) is 47.9 Å². The average Bonchev–Trinajstić information content (AvgIpc) is 2.95. The third kappa shape index (κ3) is 6.91. The largest absolute Gasteiger partial charge is 0.505 e. The Bertz CT molecular complexity index is 2250. The molecular weight excluding hydrogens is 656 g/mol. The van der Waals surface area contributed by atoms with Crippen LogP contribution >= 0.6 is 0 Å². The average molecular weight is 675 g/mol. The summed E-state index contributed by atoms with van der Waals surface area (Å²) in [6.45, 7) is 1.16. The molecule has 0 atom stereocenters. The van der Waals surface area contributed by atoms with Gasteiger partial charge in [0.15, 0.2) is 11.5 Å². The molecule has 21 heteroatoms. The second-order valence-electron chi connectivity index (χ2n) is 9.08. The summed E-state index contributed by atoms with van der Waals surface area (Å²) in [4.78, 5) is 31.1. The van der Waals surface area contributed by atoms with E-state index in [1.54, 1.807) is 0 Å². The van der Waals surface area contributed by atoms with E-state index in [-0.39, 0.29) is 16.8 Å². The van der Waals surface area contributed by atoms with Gasteiger partial charge >= 0.3 is 5.97 Å². The Morgan fingerprint density at radius 1 is 0.804 bits per heavy atom. The predicted molar refractivity (Wildman–Crippen MR) is 156 cm³/mol. The lowest BCUT2D eigenvalue weighted by Gasteiger charge is -2.11. The smallest absolute Gasteiger partial charge is 0.342 e. The molecule has 238 valence electrons. The first-order valence-corrected chi connectivity index (χ1v) is 15.0. The highest BCUT2D eigenvalue weighted by Gasteiger charge is 2.25. The fraction of sp³-hybridized carbons (Fsp3) is 0.0400. The van der Waals surface area contributed by atoms with E-state index in [1.165, 1.54) is 6.07 Å². The van der Waals surface area contributed by atoms with Gasteiger partial charge < -0.3 is 20.6 Å². The number of nitro benzene ring substituents is 1. The molecule has 46 heavy (non-hydrogen) atoms. The molecule has 0 saturated heterocycles. The molecule has 0 spiro atoms. The third-order valence-electron chi connectivity index (χ3n) is 5.94. The quantitative estimate of drug-likeness (QED) is 0.0580. The zero-order valence-electron chi connectivity index (χ0n) is 22.8. The molecule has 0 fully saturated rings. The lowest BCUT2D eigenvalue weighted by molar-refractivity contribution is -0.385. The number of phenolic OH excluding ortho intramolecular Hbond substituents is 2. The van der Waals surface area contributed by atoms with Crippen LogP contribution in [0.2, 0.25) is 0 Å². The maximum Gasteiger partial charge on any atom is 0.342 e. The van der Waals surface area contributed by atoms with E-state index in [1.807, 2.05) is 0 Å². The van der Waals surface area contributed by atoms with E-state index in [2.05, 4.69) is 25.8 Å². The van der Waals surface area contributed by atoms with E-state index < -0.39 is 92.0 Å². The summed E-state index contributed by atoms with van der Waals surface area (Å²) < 4.78 is 67.5. The second kappa shape index (κ2) is 12.2. The number of amides is 1. The summed E-state index contributed by atoms with van der Waals surface area (Å²) >= 11 is 0. The van der Waals surface area contributed by atoms with Crippen molar-refractivity contribution < 1.29 is 55.8 Å². The number of anilines is 1. The molecule has 6 N–H and O–H groups in total. The fourth-order valence-corrected chi connectivity index (χ4v) is 5.31. The van der Waals surface area contributed by atoms with Crippen molar-refractivity contribution >= 4 is 77.0 Å². The molecule has 4 aromatic rings. The van der Waals surface area contributed by atoms with E-state index in [4.69, 9.17) is 0 Å². The van der Waals surface area contributed by atoms with Crippen LogP contribution in [0, 0.1) is 10.1 Å². The van der Waals surface area contributed by atoms with Crippen molar-refractivity contribution in [2.24, 2.45) is 20.5 Å². The number of phenols is 2. The van der Waals surface area contributed by atoms with Crippen LogP contribution in [-0.2, 0) is 25.0 Å². The van der Waals surface area contributed by atoms with Crippen LogP contribution in [0.5, 0.6) is 11.5 Å². The van der Waals surface area contributed by atoms with Crippen LogP contribution in [0.1, 0.15) is 17.3 Å². The number of fused-ring (bicyclic) bond motifs is 1. The Morgan fingerprint density at radius 2 is 1.43 bits per heavy atom. The Hall–Kier alpha value is -5.90. The Morgan fingerprint density at radius 3 is 2.02 bits per heavy atom. The second-order valence-corrected chi connectivity index (χ2v) is 11.9. The summed E-state index contributed by atoms with van der Waals surface area (Å²) in [5.74, 6) is -4.13. The molecular formula is C25H18N6O13S2. The van der Waals surface area contributed by atoms with Crippen LogP contribution in [0.4, 0.5) is 34.1 Å². The van der Waals surface area contributed by atoms with Crippen LogP contribution < -0.4 is 5.32 Å². The van der Waals surface area contributed by atoms with Crippen molar-refractivity contribution in [2.45, 2.75) is 16.7 Å². The van der Waals surface area contributed by atoms with Gasteiger partial charge in [0.05, 0.1) is 16.0 Å². The van der Waals surface area contributed by atoms with Crippen molar-refractivity contribution in [3.63, 3.8) is 0 Å². The molecule has 4 aromatic carbocycles. The molecule has 0 saturated carbocycles. The Balaban J connectivity index is 1.86. The number of hydrogen-bond acceptors (Lipinski definition) is 14. The van der Waals surface area contributed by atoms with Gasteiger partial charge in [0.1, 0.15) is 32.4 Å². The van der Waals surface area contributed by atoms with Crippen molar-refractivity contribution in [1.82, 2.24) is 0 Å². The number of carbonyl (C=O) groups is 2. The number of azo groups is 2. The molecule has 0 aliphatic carbocycles. The van der Waals surface area contributed by atoms with Gasteiger partial charge in [0, 0.05) is 18.7 Å². The van der Waals surface area contributed by atoms with Crippen LogP contribution in [0.25, 0.3) is 10.8 Å². The first kappa shape index (κ1) is 33.0. The highest BCUT2D eigenvalue weighted by Crippen LogP contribution is 2.48. The van der Waals surface area contributed by atoms with E-state index in [0.29, 0.717) is 0 Å². The number of nitro groups is 1. The van der Waals surface area contributed by atoms with Crippen LogP contribution in [-0.4, -0.2) is 58.1 Å². The first-order valence-electron chi connectivity index (χ1n) is 12.1. The minimum atomic E-state index is -5.12. The van der Waals surface area contributed by atoms with Gasteiger partial charge in [0.25, 0.3) is 25.9 Å². The maximum absolute atomic E-state index is 12.1. The van der Waals surface area contributed by atoms with Crippen molar-refractivity contribution in [1.29, 1.82) is 0 Å². The predicted octanol–water partition coefficient (Wildman–Crippen LogP) is 5.14. The normalized spacial score (nSPS) is 12.2. The number of benzene rings is 4. The number of nitrogens with zero attached hydrogens (tertiary/aromatic N) is 5. The highest BCUT2D eigenvalue weighted by molar-refractivity contribution is 7.86. The minimum Gasteiger partial charge on any atom is -0.505 e. The molecule has 0 heterocycles. The topological polar surface area (TPSA) is 308 Å². The maximum atomic E-state index is 12.1. The van der Waals surface area contributed by atoms with Gasteiger partial charge in [-0.15, -0.1) is 15.3 Å². The summed E-state index contributed by atoms with van der Waals surface area (Å²) in [6.07, 6.45) is 0. The van der Waals surface area contributed by atoms with Crippen LogP contribution in [0.15, 0.2) is 84.8 Å². The number of carboxylic acids is 1. The summed E-state index contributed by atoms with van der Waals surface area (Å²) in [5, 5.41) is 58.6. The minimum absolute atomic E-state index is 0.00166. The lowest BCUT2D eigenvalue weighted by Crippen LogP contribution is -2.07. The zero-order chi connectivity index (χ0) is 34.1. The molecule has 0 aromatic heterocycles. The molecule has 0 aliphatic heterocycles. The summed E-state index contributed by atoms with van der Waals surface area (Å²) in [7, 11) is -10.0. The standard InChI is InChI=1S/C25H18N6O13S2/c1-11(32)26-13-3-6-16(19(10-13)45(39,40)41)28-29-17-5-2-12-8-20(46(42,43)44)22(24(34)21(12)23(17)33)30-27-14-4-7-18(31(37)38)15(9-14)25(35)36/h2-10,33-34H,1H3,(H,26,32)(H,35,36)(H,39,40,41)(H,42,43,44). The van der Waals surface area contributed by atoms with Gasteiger partial charge in [-0.2, -0.15) is 21.9 Å². The number of aromatic carboxylic acids is 1. The highest BCUT2D eigenvalue weighted by atomic mass is 32.2. The molecule has 0 aliphatic rings. The number of carbonyl (C=O) groups excluding carboxylic acids is 1. The molecule has 19 nitrogen and oxygen atoms in total. The summed E-state index contributed by atoms with van der Waals surface area (Å²) in [6, 6.07) is 8.76. The number of nitrogens with one attached hydrogen (secondary N) is 1. The number of carboxylic acid groups (broad SMARTS) is 1. The lowest BCUT2D eigenvalue weighted by atomic mass is 10.1. The number of aromatic hydroxyl groups is 2. The van der Waals surface area contributed by atoms with Gasteiger partial charge in [-0.3, -0.25) is 24.0 Å². The monoisotopic (exact) mass is 674 g/mol. The van der Waals surface area contributed by atoms with E-state index in [9.17, 15) is 61.0 Å². The molecule has 4 rings (SSSR count). The van der Waals surface area contributed by atoms with Crippen molar-refractivity contribution in [2.75, 3.05) is 5.32 Å². The van der Waals surface area contributed by atoms with E-state index in [0.717, 1.165) is 55.5 Å². The Labute approximate surface area is 256 Å². The van der Waals surface area contributed by atoms with Gasteiger partial charge in [-0.1, -0.05) is 6.07 Å². The van der Waals surface area contributed by atoms with Crippen LogP contribution in [0.3, 0.4) is 0 Å². The zero-order valence-corrected chi connectivity index (χ0v) is 24.4. The molecule has 0 bridgehead atoms. The van der Waals surface area contributed by atoms with Crippen molar-refractivity contribution in [3.8, 4) is 11.5 Å². The van der Waals surface area contributed by atoms with Gasteiger partial charge in [-0.25, -0.2) is 4.79 Å². The molecule has 0 unspecified atom stereocenters. The summed E-state index contributed by atoms with van der Waals surface area (Å²) in [5.41, 5.74) is -3.68. The number of rotatable bonds is 9. The molecule has 1 amide bonds. The third-order valence-corrected chi connectivity index (χ3v) is 7.69. The van der Waals surface area contributed by atoms with Crippen molar-refractivity contribution in [3.05, 3.63) is 70.3 Å². The SMILES string of the molecule is CC(=O)Nc1ccc(N=Nc2ccc3cc(S(=O)(=O)O)c(N=Nc4ccc([N+](=O)[O-])c(C(=O)O)c4)c(O)c3c2O)c(S(=O)(=O)O)c1. The van der Waals surface area contributed by atoms with Gasteiger partial charge in [0.2, 0.25) is 5.91 Å². The molecule has 0 radical (unpaired) electrons. The first-order chi connectivity index (χ1) is 21.4. The number of hydrogen-bond donors (Lipinski definition) is 6. The Kier molecular flexibility index (Phi) is 8.78. The van der Waals surface area contributed by atoms with E-state index >= 15 is 0 Å². The fourth-order valence-electron chi connectivity index (χ4n) is 4.00.